The summed E-state index contributed by atoms with van der Waals surface area (Å²) in [4.78, 5) is 47.5. The molecule has 150 valence electrons. The standard InChI is InChI=1S/C19H18N4O6/c1-2-29-18(25)16-14(11-22-10-13(23(27)28)8-9-15(22)24)20-19(26)21-17(16)12-6-4-3-5-7-12/h3-10,17H,2,11H2,1H3,(H2,20,21,26). The normalized spacial score (nSPS) is 16.0. The summed E-state index contributed by atoms with van der Waals surface area (Å²) < 4.78 is 6.20. The number of rotatable bonds is 6. The number of amides is 2. The Morgan fingerprint density at radius 2 is 1.93 bits per heavy atom. The van der Waals surface area contributed by atoms with Crippen molar-refractivity contribution in [2.24, 2.45) is 0 Å². The summed E-state index contributed by atoms with van der Waals surface area (Å²) in [6.07, 6.45) is 1.06. The van der Waals surface area contributed by atoms with E-state index in [1.165, 1.54) is 0 Å². The molecule has 2 heterocycles. The summed E-state index contributed by atoms with van der Waals surface area (Å²) in [6, 6.07) is 9.58. The molecule has 0 bridgehead atoms. The van der Waals surface area contributed by atoms with Gasteiger partial charge >= 0.3 is 12.0 Å². The van der Waals surface area contributed by atoms with Crippen LogP contribution in [0.4, 0.5) is 10.5 Å². The molecule has 2 aromatic rings. The number of esters is 1. The Morgan fingerprint density at radius 3 is 2.59 bits per heavy atom. The fourth-order valence-electron chi connectivity index (χ4n) is 3.01. The number of allylic oxidation sites excluding steroid dienone is 1. The number of urea groups is 1. The molecule has 0 spiro atoms. The molecule has 1 aromatic carbocycles. The molecular formula is C19H18N4O6. The van der Waals surface area contributed by atoms with Crippen molar-refractivity contribution in [3.63, 3.8) is 0 Å². The van der Waals surface area contributed by atoms with Crippen molar-refractivity contribution in [2.45, 2.75) is 19.5 Å². The highest BCUT2D eigenvalue weighted by Crippen LogP contribution is 2.28. The van der Waals surface area contributed by atoms with Crippen molar-refractivity contribution >= 4 is 17.7 Å². The summed E-state index contributed by atoms with van der Waals surface area (Å²) in [5.41, 5.74) is 0.0899. The van der Waals surface area contributed by atoms with Crippen LogP contribution in [0.5, 0.6) is 0 Å². The zero-order valence-electron chi connectivity index (χ0n) is 15.5. The molecule has 0 fully saturated rings. The van der Waals surface area contributed by atoms with E-state index in [4.69, 9.17) is 4.74 Å². The second-order valence-corrected chi connectivity index (χ2v) is 6.17. The highest BCUT2D eigenvalue weighted by Gasteiger charge is 2.33. The van der Waals surface area contributed by atoms with Crippen LogP contribution in [0.15, 0.2) is 64.7 Å². The predicted octanol–water partition coefficient (Wildman–Crippen LogP) is 1.63. The van der Waals surface area contributed by atoms with Crippen molar-refractivity contribution in [3.05, 3.63) is 86.0 Å². The molecule has 10 heteroatoms. The number of nitrogens with one attached hydrogen (secondary N) is 2. The predicted molar refractivity (Wildman–Crippen MR) is 102 cm³/mol. The smallest absolute Gasteiger partial charge is 0.338 e. The molecule has 1 aromatic heterocycles. The lowest BCUT2D eigenvalue weighted by atomic mass is 9.95. The third-order valence-electron chi connectivity index (χ3n) is 4.29. The van der Waals surface area contributed by atoms with E-state index >= 15 is 0 Å². The second-order valence-electron chi connectivity index (χ2n) is 6.17. The molecule has 29 heavy (non-hydrogen) atoms. The average Bonchev–Trinajstić information content (AvgIpc) is 2.69. The van der Waals surface area contributed by atoms with Gasteiger partial charge in [-0.1, -0.05) is 30.3 Å². The van der Waals surface area contributed by atoms with Crippen molar-refractivity contribution in [1.82, 2.24) is 15.2 Å². The number of hydrogen-bond donors (Lipinski definition) is 2. The van der Waals surface area contributed by atoms with Crippen molar-refractivity contribution < 1.29 is 19.2 Å². The van der Waals surface area contributed by atoms with E-state index in [-0.39, 0.29) is 30.1 Å². The number of carbonyl (C=O) groups excluding carboxylic acids is 2. The van der Waals surface area contributed by atoms with Gasteiger partial charge in [0.15, 0.2) is 0 Å². The van der Waals surface area contributed by atoms with E-state index < -0.39 is 28.5 Å². The molecule has 3 rings (SSSR count). The quantitative estimate of drug-likeness (QED) is 0.432. The van der Waals surface area contributed by atoms with Crippen LogP contribution in [0.3, 0.4) is 0 Å². The van der Waals surface area contributed by atoms with Crippen LogP contribution in [0.2, 0.25) is 0 Å². The molecule has 1 unspecified atom stereocenters. The van der Waals surface area contributed by atoms with Gasteiger partial charge < -0.3 is 19.9 Å². The van der Waals surface area contributed by atoms with Gasteiger partial charge in [-0.2, -0.15) is 0 Å². The Morgan fingerprint density at radius 1 is 1.21 bits per heavy atom. The fraction of sp³-hybridized carbons (Fsp3) is 0.211. The zero-order valence-corrected chi connectivity index (χ0v) is 15.5. The number of nitro groups is 1. The van der Waals surface area contributed by atoms with Crippen LogP contribution in [-0.2, 0) is 16.1 Å². The van der Waals surface area contributed by atoms with E-state index in [0.29, 0.717) is 5.56 Å². The third kappa shape index (κ3) is 4.32. The monoisotopic (exact) mass is 398 g/mol. The lowest BCUT2D eigenvalue weighted by molar-refractivity contribution is -0.385. The topological polar surface area (TPSA) is 133 Å². The number of nitrogens with zero attached hydrogens (tertiary/aromatic N) is 2. The first-order chi connectivity index (χ1) is 13.9. The number of ether oxygens (including phenoxy) is 1. The first-order valence-corrected chi connectivity index (χ1v) is 8.78. The van der Waals surface area contributed by atoms with Crippen LogP contribution < -0.4 is 16.2 Å². The van der Waals surface area contributed by atoms with E-state index in [1.54, 1.807) is 37.3 Å². The van der Waals surface area contributed by atoms with Gasteiger partial charge in [0.05, 0.1) is 41.6 Å². The molecule has 2 N–H and O–H groups in total. The lowest BCUT2D eigenvalue weighted by Crippen LogP contribution is -2.47. The fourth-order valence-corrected chi connectivity index (χ4v) is 3.01. The van der Waals surface area contributed by atoms with Crippen LogP contribution in [-0.4, -0.2) is 28.1 Å². The summed E-state index contributed by atoms with van der Waals surface area (Å²) in [5, 5.41) is 16.2. The van der Waals surface area contributed by atoms with Gasteiger partial charge in [-0.15, -0.1) is 0 Å². The molecule has 0 aliphatic carbocycles. The Kier molecular flexibility index (Phi) is 5.72. The van der Waals surface area contributed by atoms with Crippen LogP contribution in [0.1, 0.15) is 18.5 Å². The summed E-state index contributed by atoms with van der Waals surface area (Å²) >= 11 is 0. The summed E-state index contributed by atoms with van der Waals surface area (Å²) in [5.74, 6) is -0.665. The van der Waals surface area contributed by atoms with Gasteiger partial charge in [-0.3, -0.25) is 14.9 Å². The molecule has 0 saturated carbocycles. The number of aromatic nitrogens is 1. The first kappa shape index (κ1) is 19.8. The van der Waals surface area contributed by atoms with Crippen LogP contribution in [0.25, 0.3) is 0 Å². The molecule has 1 aliphatic heterocycles. The summed E-state index contributed by atoms with van der Waals surface area (Å²) in [7, 11) is 0. The van der Waals surface area contributed by atoms with Crippen molar-refractivity contribution in [2.75, 3.05) is 6.61 Å². The van der Waals surface area contributed by atoms with Crippen molar-refractivity contribution in [1.29, 1.82) is 0 Å². The molecule has 1 aliphatic rings. The highest BCUT2D eigenvalue weighted by molar-refractivity contribution is 5.95. The first-order valence-electron chi connectivity index (χ1n) is 8.78. The minimum atomic E-state index is -0.798. The van der Waals surface area contributed by atoms with E-state index in [0.717, 1.165) is 22.9 Å². The largest absolute Gasteiger partial charge is 0.463 e. The van der Waals surface area contributed by atoms with E-state index in [1.807, 2.05) is 0 Å². The zero-order chi connectivity index (χ0) is 21.0. The summed E-state index contributed by atoms with van der Waals surface area (Å²) in [6.45, 7) is 1.52. The number of hydrogen-bond acceptors (Lipinski definition) is 6. The van der Waals surface area contributed by atoms with Gasteiger partial charge in [0.1, 0.15) is 0 Å². The molecular weight excluding hydrogens is 380 g/mol. The maximum atomic E-state index is 12.7. The minimum Gasteiger partial charge on any atom is -0.463 e. The molecule has 0 saturated heterocycles. The number of carbonyl (C=O) groups is 2. The number of benzene rings is 1. The Bertz CT molecular complexity index is 1040. The number of pyridine rings is 1. The van der Waals surface area contributed by atoms with Crippen LogP contribution in [0, 0.1) is 10.1 Å². The van der Waals surface area contributed by atoms with Crippen LogP contribution >= 0.6 is 0 Å². The van der Waals surface area contributed by atoms with Gasteiger partial charge in [-0.05, 0) is 12.5 Å². The maximum absolute atomic E-state index is 12.7. The Labute approximate surface area is 164 Å². The van der Waals surface area contributed by atoms with E-state index in [2.05, 4.69) is 10.6 Å². The van der Waals surface area contributed by atoms with Gasteiger partial charge in [0.2, 0.25) is 0 Å². The molecule has 2 amide bonds. The molecule has 0 radical (unpaired) electrons. The minimum absolute atomic E-state index is 0.113. The second kappa shape index (κ2) is 8.38. The van der Waals surface area contributed by atoms with Gasteiger partial charge in [0.25, 0.3) is 11.2 Å². The molecule has 1 atom stereocenters. The van der Waals surface area contributed by atoms with Crippen molar-refractivity contribution in [3.8, 4) is 0 Å². The molecule has 10 nitrogen and oxygen atoms in total. The lowest BCUT2D eigenvalue weighted by Gasteiger charge is -2.29. The van der Waals surface area contributed by atoms with Gasteiger partial charge in [-0.25, -0.2) is 9.59 Å². The maximum Gasteiger partial charge on any atom is 0.338 e. The SMILES string of the molecule is CCOC(=O)C1=C(Cn2cc([N+](=O)[O-])ccc2=O)NC(=O)NC1c1ccccc1. The average molecular weight is 398 g/mol. The van der Waals surface area contributed by atoms with E-state index in [9.17, 15) is 24.5 Å². The Hall–Kier alpha value is -3.95. The van der Waals surface area contributed by atoms with Gasteiger partial charge in [0, 0.05) is 12.1 Å². The third-order valence-corrected chi connectivity index (χ3v) is 4.29. The Balaban J connectivity index is 2.11. The highest BCUT2D eigenvalue weighted by atomic mass is 16.6.